The fourth-order valence-electron chi connectivity index (χ4n) is 2.61. The molecule has 19 heavy (non-hydrogen) atoms. The fraction of sp³-hybridized carbons (Fsp3) is 0.250. The number of fused-ring (bicyclic) bond motifs is 1. The molecule has 1 unspecified atom stereocenters. The van der Waals surface area contributed by atoms with Crippen LogP contribution < -0.4 is 10.1 Å². The summed E-state index contributed by atoms with van der Waals surface area (Å²) in [5.74, 6) is 0.882. The van der Waals surface area contributed by atoms with Gasteiger partial charge in [-0.3, -0.25) is 0 Å². The molecule has 0 fully saturated rings. The van der Waals surface area contributed by atoms with Crippen LogP contribution in [0.25, 0.3) is 0 Å². The van der Waals surface area contributed by atoms with Crippen molar-refractivity contribution in [2.24, 2.45) is 0 Å². The highest BCUT2D eigenvalue weighted by Gasteiger charge is 2.21. The first-order chi connectivity index (χ1) is 9.24. The number of anilines is 1. The molecule has 0 bridgehead atoms. The van der Waals surface area contributed by atoms with Crippen molar-refractivity contribution in [3.8, 4) is 5.75 Å². The van der Waals surface area contributed by atoms with Gasteiger partial charge in [0.2, 0.25) is 0 Å². The Morgan fingerprint density at radius 3 is 2.53 bits per heavy atom. The molecular formula is C16H16ClNO. The van der Waals surface area contributed by atoms with Crippen LogP contribution in [-0.2, 0) is 12.8 Å². The molecule has 0 saturated carbocycles. The van der Waals surface area contributed by atoms with E-state index in [2.05, 4.69) is 29.6 Å². The van der Waals surface area contributed by atoms with Crippen molar-refractivity contribution in [2.45, 2.75) is 18.9 Å². The number of nitrogens with one attached hydrogen (secondary N) is 1. The van der Waals surface area contributed by atoms with Crippen LogP contribution >= 0.6 is 11.6 Å². The van der Waals surface area contributed by atoms with E-state index in [-0.39, 0.29) is 0 Å². The third kappa shape index (κ3) is 2.69. The maximum Gasteiger partial charge on any atom is 0.119 e. The lowest BCUT2D eigenvalue weighted by atomic mass is 10.1. The van der Waals surface area contributed by atoms with Crippen LogP contribution in [0.1, 0.15) is 11.1 Å². The number of hydrogen-bond acceptors (Lipinski definition) is 2. The molecule has 2 nitrogen and oxygen atoms in total. The van der Waals surface area contributed by atoms with E-state index < -0.39 is 0 Å². The van der Waals surface area contributed by atoms with Crippen LogP contribution in [0.15, 0.2) is 42.5 Å². The molecular weight excluding hydrogens is 258 g/mol. The standard InChI is InChI=1S/C16H16ClNO/c1-19-16-6-4-14(5-7-16)18-15-9-11-2-3-13(17)8-12(11)10-15/h2-8,15,18H,9-10H2,1H3. The van der Waals surface area contributed by atoms with E-state index in [0.717, 1.165) is 29.3 Å². The summed E-state index contributed by atoms with van der Waals surface area (Å²) < 4.78 is 5.16. The highest BCUT2D eigenvalue weighted by Crippen LogP contribution is 2.27. The Kier molecular flexibility index (Phi) is 3.34. The Labute approximate surface area is 118 Å². The van der Waals surface area contributed by atoms with Gasteiger partial charge in [0.15, 0.2) is 0 Å². The largest absolute Gasteiger partial charge is 0.497 e. The second-order valence-electron chi connectivity index (χ2n) is 4.89. The van der Waals surface area contributed by atoms with Crippen LogP contribution in [0.5, 0.6) is 5.75 Å². The van der Waals surface area contributed by atoms with Gasteiger partial charge in [0.25, 0.3) is 0 Å². The van der Waals surface area contributed by atoms with Crippen molar-refractivity contribution >= 4 is 17.3 Å². The van der Waals surface area contributed by atoms with Crippen molar-refractivity contribution in [1.82, 2.24) is 0 Å². The first-order valence-electron chi connectivity index (χ1n) is 6.42. The number of ether oxygens (including phenoxy) is 1. The predicted molar refractivity (Wildman–Crippen MR) is 79.3 cm³/mol. The van der Waals surface area contributed by atoms with E-state index >= 15 is 0 Å². The van der Waals surface area contributed by atoms with Crippen LogP contribution in [0.2, 0.25) is 5.02 Å². The SMILES string of the molecule is COc1ccc(NC2Cc3ccc(Cl)cc3C2)cc1. The molecule has 0 spiro atoms. The molecule has 0 aromatic heterocycles. The lowest BCUT2D eigenvalue weighted by Crippen LogP contribution is -2.19. The van der Waals surface area contributed by atoms with Gasteiger partial charge in [-0.25, -0.2) is 0 Å². The second kappa shape index (κ2) is 5.14. The third-order valence-corrected chi connectivity index (χ3v) is 3.80. The van der Waals surface area contributed by atoms with E-state index in [1.807, 2.05) is 18.2 Å². The third-order valence-electron chi connectivity index (χ3n) is 3.56. The molecule has 3 heteroatoms. The number of benzene rings is 2. The summed E-state index contributed by atoms with van der Waals surface area (Å²) >= 11 is 6.03. The number of methoxy groups -OCH3 is 1. The Hall–Kier alpha value is -1.67. The zero-order chi connectivity index (χ0) is 13.2. The van der Waals surface area contributed by atoms with Gasteiger partial charge in [0.1, 0.15) is 5.75 Å². The minimum atomic E-state index is 0.446. The molecule has 98 valence electrons. The minimum Gasteiger partial charge on any atom is -0.497 e. The lowest BCUT2D eigenvalue weighted by molar-refractivity contribution is 0.415. The summed E-state index contributed by atoms with van der Waals surface area (Å²) in [6, 6.07) is 14.7. The van der Waals surface area contributed by atoms with E-state index in [0.29, 0.717) is 6.04 Å². The molecule has 0 aliphatic heterocycles. The van der Waals surface area contributed by atoms with E-state index in [1.54, 1.807) is 7.11 Å². The first-order valence-corrected chi connectivity index (χ1v) is 6.80. The number of rotatable bonds is 3. The maximum absolute atomic E-state index is 6.03. The molecule has 2 aromatic carbocycles. The Morgan fingerprint density at radius 1 is 1.05 bits per heavy atom. The van der Waals surface area contributed by atoms with E-state index in [4.69, 9.17) is 16.3 Å². The van der Waals surface area contributed by atoms with Gasteiger partial charge in [0.05, 0.1) is 7.11 Å². The van der Waals surface area contributed by atoms with Gasteiger partial charge in [-0.1, -0.05) is 17.7 Å². The zero-order valence-corrected chi connectivity index (χ0v) is 11.6. The van der Waals surface area contributed by atoms with Crippen molar-refractivity contribution in [3.63, 3.8) is 0 Å². The molecule has 0 amide bonds. The molecule has 1 aliphatic carbocycles. The van der Waals surface area contributed by atoms with Gasteiger partial charge in [0, 0.05) is 16.8 Å². The smallest absolute Gasteiger partial charge is 0.119 e. The molecule has 0 heterocycles. The fourth-order valence-corrected chi connectivity index (χ4v) is 2.81. The normalized spacial score (nSPS) is 17.1. The lowest BCUT2D eigenvalue weighted by Gasteiger charge is -2.13. The van der Waals surface area contributed by atoms with Gasteiger partial charge in [-0.15, -0.1) is 0 Å². The summed E-state index contributed by atoms with van der Waals surface area (Å²) in [5.41, 5.74) is 3.89. The van der Waals surface area contributed by atoms with Crippen molar-refractivity contribution in [2.75, 3.05) is 12.4 Å². The predicted octanol–water partition coefficient (Wildman–Crippen LogP) is 3.93. The summed E-state index contributed by atoms with van der Waals surface area (Å²) in [6.07, 6.45) is 2.08. The number of hydrogen-bond donors (Lipinski definition) is 1. The zero-order valence-electron chi connectivity index (χ0n) is 10.8. The van der Waals surface area contributed by atoms with E-state index in [9.17, 15) is 0 Å². The molecule has 0 saturated heterocycles. The van der Waals surface area contributed by atoms with E-state index in [1.165, 1.54) is 11.1 Å². The monoisotopic (exact) mass is 273 g/mol. The highest BCUT2D eigenvalue weighted by molar-refractivity contribution is 6.30. The van der Waals surface area contributed by atoms with Crippen LogP contribution in [0.4, 0.5) is 5.69 Å². The molecule has 1 atom stereocenters. The summed E-state index contributed by atoms with van der Waals surface area (Å²) in [4.78, 5) is 0. The molecule has 0 radical (unpaired) electrons. The second-order valence-corrected chi connectivity index (χ2v) is 5.33. The molecule has 1 aliphatic rings. The van der Waals surface area contributed by atoms with Gasteiger partial charge in [-0.2, -0.15) is 0 Å². The average Bonchev–Trinajstić information content (AvgIpc) is 2.81. The summed E-state index contributed by atoms with van der Waals surface area (Å²) in [6.45, 7) is 0. The quantitative estimate of drug-likeness (QED) is 0.915. The molecule has 3 rings (SSSR count). The molecule has 2 aromatic rings. The van der Waals surface area contributed by atoms with Gasteiger partial charge >= 0.3 is 0 Å². The van der Waals surface area contributed by atoms with Crippen molar-refractivity contribution in [3.05, 3.63) is 58.6 Å². The highest BCUT2D eigenvalue weighted by atomic mass is 35.5. The summed E-state index contributed by atoms with van der Waals surface area (Å²) in [5, 5.41) is 4.38. The van der Waals surface area contributed by atoms with Crippen molar-refractivity contribution < 1.29 is 4.74 Å². The maximum atomic E-state index is 6.03. The van der Waals surface area contributed by atoms with Crippen LogP contribution in [-0.4, -0.2) is 13.2 Å². The molecule has 1 N–H and O–H groups in total. The Bertz CT molecular complexity index is 580. The van der Waals surface area contributed by atoms with Crippen LogP contribution in [0.3, 0.4) is 0 Å². The minimum absolute atomic E-state index is 0.446. The van der Waals surface area contributed by atoms with Gasteiger partial charge < -0.3 is 10.1 Å². The Balaban J connectivity index is 1.69. The van der Waals surface area contributed by atoms with Gasteiger partial charge in [-0.05, 0) is 60.4 Å². The van der Waals surface area contributed by atoms with Crippen LogP contribution in [0, 0.1) is 0 Å². The Morgan fingerprint density at radius 2 is 1.79 bits per heavy atom. The van der Waals surface area contributed by atoms with Crippen molar-refractivity contribution in [1.29, 1.82) is 0 Å². The average molecular weight is 274 g/mol. The topological polar surface area (TPSA) is 21.3 Å². The summed E-state index contributed by atoms with van der Waals surface area (Å²) in [7, 11) is 1.68. The number of halogens is 1. The first kappa shape index (κ1) is 12.4.